The second-order valence-corrected chi connectivity index (χ2v) is 3.51. The van der Waals surface area contributed by atoms with E-state index in [0.29, 0.717) is 12.5 Å². The maximum Gasteiger partial charge on any atom is 0.515 e. The molecule has 1 aromatic heterocycles. The Kier molecular flexibility index (Phi) is 2.81. The van der Waals surface area contributed by atoms with Crippen molar-refractivity contribution in [2.24, 2.45) is 0 Å². The summed E-state index contributed by atoms with van der Waals surface area (Å²) in [6.07, 6.45) is -0.689. The van der Waals surface area contributed by atoms with Crippen LogP contribution in [-0.2, 0) is 4.74 Å². The molecule has 0 spiro atoms. The summed E-state index contributed by atoms with van der Waals surface area (Å²) in [7, 11) is 0. The third-order valence-electron chi connectivity index (χ3n) is 2.21. The van der Waals surface area contributed by atoms with E-state index in [9.17, 15) is 4.79 Å². The van der Waals surface area contributed by atoms with Gasteiger partial charge in [0.05, 0.1) is 6.61 Å². The zero-order chi connectivity index (χ0) is 11.5. The van der Waals surface area contributed by atoms with Crippen molar-refractivity contribution < 1.29 is 14.3 Å². The third-order valence-corrected chi connectivity index (χ3v) is 2.21. The lowest BCUT2D eigenvalue weighted by atomic mass is 10.2. The van der Waals surface area contributed by atoms with Crippen LogP contribution in [0.25, 0.3) is 10.9 Å². The smallest absolute Gasteiger partial charge is 0.434 e. The molecule has 0 aliphatic rings. The Morgan fingerprint density at radius 1 is 1.38 bits per heavy atom. The molecular formula is C12H13NO3. The third kappa shape index (κ3) is 2.16. The molecule has 4 heteroatoms. The van der Waals surface area contributed by atoms with Crippen molar-refractivity contribution in [2.45, 2.75) is 13.8 Å². The Morgan fingerprint density at radius 2 is 2.19 bits per heavy atom. The average molecular weight is 219 g/mol. The summed E-state index contributed by atoms with van der Waals surface area (Å²) in [6, 6.07) is 7.74. The molecule has 16 heavy (non-hydrogen) atoms. The number of aromatic nitrogens is 1. The van der Waals surface area contributed by atoms with E-state index in [0.717, 1.165) is 16.5 Å². The highest BCUT2D eigenvalue weighted by Gasteiger charge is 2.07. The van der Waals surface area contributed by atoms with Gasteiger partial charge in [-0.3, -0.25) is 0 Å². The second kappa shape index (κ2) is 4.26. The maximum atomic E-state index is 11.1. The molecule has 0 unspecified atom stereocenters. The zero-order valence-corrected chi connectivity index (χ0v) is 9.24. The standard InChI is InChI=1S/C12H13NO3/c1-3-15-12(14)16-11-7-9-5-4-8(2)6-10(9)13-11/h4-7,13H,3H2,1-2H3. The van der Waals surface area contributed by atoms with Gasteiger partial charge in [-0.05, 0) is 25.5 Å². The minimum Gasteiger partial charge on any atom is -0.434 e. The molecule has 1 heterocycles. The van der Waals surface area contributed by atoms with Crippen molar-refractivity contribution in [1.29, 1.82) is 0 Å². The van der Waals surface area contributed by atoms with Crippen LogP contribution in [0.1, 0.15) is 12.5 Å². The van der Waals surface area contributed by atoms with Crippen LogP contribution in [0.2, 0.25) is 0 Å². The van der Waals surface area contributed by atoms with Gasteiger partial charge in [-0.15, -0.1) is 0 Å². The number of hydrogen-bond donors (Lipinski definition) is 1. The topological polar surface area (TPSA) is 51.3 Å². The van der Waals surface area contributed by atoms with Crippen LogP contribution in [0.5, 0.6) is 5.88 Å². The summed E-state index contributed by atoms with van der Waals surface area (Å²) in [5.41, 5.74) is 2.09. The number of aryl methyl sites for hydroxylation is 1. The quantitative estimate of drug-likeness (QED) is 0.790. The molecule has 0 saturated heterocycles. The number of benzene rings is 1. The highest BCUT2D eigenvalue weighted by atomic mass is 16.7. The lowest BCUT2D eigenvalue weighted by molar-refractivity contribution is 0.103. The molecule has 1 N–H and O–H groups in total. The van der Waals surface area contributed by atoms with Gasteiger partial charge in [0.25, 0.3) is 0 Å². The van der Waals surface area contributed by atoms with E-state index in [-0.39, 0.29) is 0 Å². The van der Waals surface area contributed by atoms with Crippen molar-refractivity contribution in [1.82, 2.24) is 4.98 Å². The highest BCUT2D eigenvalue weighted by Crippen LogP contribution is 2.21. The van der Waals surface area contributed by atoms with Crippen LogP contribution in [-0.4, -0.2) is 17.7 Å². The Morgan fingerprint density at radius 3 is 2.94 bits per heavy atom. The normalized spacial score (nSPS) is 10.4. The number of carbonyl (C=O) groups excluding carboxylic acids is 1. The molecule has 0 aliphatic heterocycles. The first-order valence-electron chi connectivity index (χ1n) is 5.13. The lowest BCUT2D eigenvalue weighted by Gasteiger charge is -1.99. The van der Waals surface area contributed by atoms with Gasteiger partial charge in [0, 0.05) is 17.0 Å². The van der Waals surface area contributed by atoms with Gasteiger partial charge >= 0.3 is 6.16 Å². The summed E-state index contributed by atoms with van der Waals surface area (Å²) in [6.45, 7) is 4.04. The molecular weight excluding hydrogens is 206 g/mol. The summed E-state index contributed by atoms with van der Waals surface area (Å²) in [5.74, 6) is 0.402. The largest absolute Gasteiger partial charge is 0.515 e. The molecule has 2 rings (SSSR count). The Hall–Kier alpha value is -1.97. The number of nitrogens with one attached hydrogen (secondary N) is 1. The number of fused-ring (bicyclic) bond motifs is 1. The number of aromatic amines is 1. The van der Waals surface area contributed by atoms with E-state index < -0.39 is 6.16 Å². The molecule has 0 radical (unpaired) electrons. The number of rotatable bonds is 2. The fourth-order valence-corrected chi connectivity index (χ4v) is 1.51. The van der Waals surface area contributed by atoms with E-state index in [1.54, 1.807) is 13.0 Å². The molecule has 0 amide bonds. The van der Waals surface area contributed by atoms with Crippen molar-refractivity contribution in [3.63, 3.8) is 0 Å². The molecule has 84 valence electrons. The van der Waals surface area contributed by atoms with Crippen LogP contribution in [0.4, 0.5) is 4.79 Å². The molecule has 0 aliphatic carbocycles. The average Bonchev–Trinajstić information content (AvgIpc) is 2.59. The number of hydrogen-bond acceptors (Lipinski definition) is 3. The molecule has 1 aromatic carbocycles. The van der Waals surface area contributed by atoms with Crippen LogP contribution in [0.15, 0.2) is 24.3 Å². The zero-order valence-electron chi connectivity index (χ0n) is 9.24. The Bertz CT molecular complexity index is 516. The molecule has 0 saturated carbocycles. The highest BCUT2D eigenvalue weighted by molar-refractivity contribution is 5.82. The predicted molar refractivity (Wildman–Crippen MR) is 60.7 cm³/mol. The Labute approximate surface area is 93.2 Å². The fourth-order valence-electron chi connectivity index (χ4n) is 1.51. The first-order chi connectivity index (χ1) is 7.69. The summed E-state index contributed by atoms with van der Waals surface area (Å²) < 4.78 is 9.65. The lowest BCUT2D eigenvalue weighted by Crippen LogP contribution is -2.09. The van der Waals surface area contributed by atoms with Gasteiger partial charge in [-0.25, -0.2) is 4.79 Å². The van der Waals surface area contributed by atoms with Crippen LogP contribution in [0, 0.1) is 6.92 Å². The second-order valence-electron chi connectivity index (χ2n) is 3.51. The molecule has 0 atom stereocenters. The van der Waals surface area contributed by atoms with Gasteiger partial charge in [0.15, 0.2) is 0 Å². The van der Waals surface area contributed by atoms with Crippen molar-refractivity contribution in [3.8, 4) is 5.88 Å². The molecule has 4 nitrogen and oxygen atoms in total. The summed E-state index contributed by atoms with van der Waals surface area (Å²) in [5, 5.41) is 1.00. The van der Waals surface area contributed by atoms with Gasteiger partial charge < -0.3 is 14.5 Å². The minimum absolute atomic E-state index is 0.304. The molecule has 2 aromatic rings. The van der Waals surface area contributed by atoms with Crippen molar-refractivity contribution >= 4 is 17.1 Å². The number of carbonyl (C=O) groups is 1. The van der Waals surface area contributed by atoms with E-state index >= 15 is 0 Å². The molecule has 0 bridgehead atoms. The Balaban J connectivity index is 2.23. The van der Waals surface area contributed by atoms with Gasteiger partial charge in [-0.2, -0.15) is 0 Å². The van der Waals surface area contributed by atoms with Gasteiger partial charge in [0.2, 0.25) is 5.88 Å². The van der Waals surface area contributed by atoms with Crippen LogP contribution in [0.3, 0.4) is 0 Å². The van der Waals surface area contributed by atoms with E-state index in [1.807, 2.05) is 25.1 Å². The SMILES string of the molecule is CCOC(=O)Oc1cc2ccc(C)cc2[nH]1. The predicted octanol–water partition coefficient (Wildman–Crippen LogP) is 3.01. The number of ether oxygens (including phenoxy) is 2. The van der Waals surface area contributed by atoms with Crippen molar-refractivity contribution in [3.05, 3.63) is 29.8 Å². The summed E-state index contributed by atoms with van der Waals surface area (Å²) >= 11 is 0. The van der Waals surface area contributed by atoms with Crippen molar-refractivity contribution in [2.75, 3.05) is 6.61 Å². The first-order valence-corrected chi connectivity index (χ1v) is 5.13. The first kappa shape index (κ1) is 10.5. The van der Waals surface area contributed by atoms with Gasteiger partial charge in [-0.1, -0.05) is 12.1 Å². The van der Waals surface area contributed by atoms with E-state index in [2.05, 4.69) is 9.72 Å². The van der Waals surface area contributed by atoms with Crippen LogP contribution >= 0.6 is 0 Å². The summed E-state index contributed by atoms with van der Waals surface area (Å²) in [4.78, 5) is 14.1. The van der Waals surface area contributed by atoms with E-state index in [4.69, 9.17) is 4.74 Å². The fraction of sp³-hybridized carbons (Fsp3) is 0.250. The number of H-pyrrole nitrogens is 1. The monoisotopic (exact) mass is 219 g/mol. The van der Waals surface area contributed by atoms with Crippen LogP contribution < -0.4 is 4.74 Å². The van der Waals surface area contributed by atoms with E-state index in [1.165, 1.54) is 0 Å². The molecule has 0 fully saturated rings. The maximum absolute atomic E-state index is 11.1. The van der Waals surface area contributed by atoms with Gasteiger partial charge in [0.1, 0.15) is 0 Å². The minimum atomic E-state index is -0.689.